The first-order valence-corrected chi connectivity index (χ1v) is 12.0. The topological polar surface area (TPSA) is 135 Å². The molecular weight excluding hydrogens is 460 g/mol. The number of hydrogen-bond donors (Lipinski definition) is 2. The molecule has 1 saturated heterocycles. The molecule has 0 spiro atoms. The number of amides is 1. The van der Waals surface area contributed by atoms with Crippen molar-refractivity contribution in [2.45, 2.75) is 44.9 Å². The van der Waals surface area contributed by atoms with Crippen LogP contribution in [0.4, 0.5) is 5.95 Å². The number of aliphatic hydroxyl groups is 1. The zero-order valence-electron chi connectivity index (χ0n) is 20.4. The Kier molecular flexibility index (Phi) is 6.23. The fraction of sp³-hybridized carbons (Fsp3) is 0.360. The average Bonchev–Trinajstić information content (AvgIpc) is 3.65. The number of likely N-dealkylation sites (N-methyl/N-ethyl adjacent to an activating group) is 1. The van der Waals surface area contributed by atoms with Crippen molar-refractivity contribution in [2.75, 3.05) is 18.9 Å². The van der Waals surface area contributed by atoms with Crippen molar-refractivity contribution in [1.82, 2.24) is 34.8 Å². The van der Waals surface area contributed by atoms with E-state index in [2.05, 4.69) is 37.4 Å². The van der Waals surface area contributed by atoms with Crippen LogP contribution in [-0.2, 0) is 16.9 Å². The summed E-state index contributed by atoms with van der Waals surface area (Å²) in [6.07, 6.45) is 4.71. The van der Waals surface area contributed by atoms with E-state index in [1.54, 1.807) is 31.4 Å². The molecule has 186 valence electrons. The Balaban J connectivity index is 1.38. The highest BCUT2D eigenvalue weighted by molar-refractivity contribution is 5.87. The van der Waals surface area contributed by atoms with Gasteiger partial charge in [-0.25, -0.2) is 15.0 Å². The van der Waals surface area contributed by atoms with Gasteiger partial charge in [0, 0.05) is 45.0 Å². The molecule has 0 saturated carbocycles. The number of pyridine rings is 1. The predicted octanol–water partition coefficient (Wildman–Crippen LogP) is 3.02. The lowest BCUT2D eigenvalue weighted by atomic mass is 9.98. The Morgan fingerprint density at radius 3 is 2.61 bits per heavy atom. The largest absolute Gasteiger partial charge is 0.373 e. The van der Waals surface area contributed by atoms with Gasteiger partial charge >= 0.3 is 0 Å². The summed E-state index contributed by atoms with van der Waals surface area (Å²) >= 11 is 0. The van der Waals surface area contributed by atoms with Crippen molar-refractivity contribution < 1.29 is 14.4 Å². The molecule has 1 aliphatic heterocycles. The third-order valence-corrected chi connectivity index (χ3v) is 6.41. The van der Waals surface area contributed by atoms with Crippen LogP contribution in [0.3, 0.4) is 0 Å². The fourth-order valence-electron chi connectivity index (χ4n) is 4.24. The number of aryl methyl sites for hydroxylation is 1. The van der Waals surface area contributed by atoms with Crippen LogP contribution in [0.2, 0.25) is 0 Å². The monoisotopic (exact) mass is 488 g/mol. The average molecular weight is 489 g/mol. The van der Waals surface area contributed by atoms with E-state index in [1.807, 2.05) is 36.0 Å². The molecule has 4 aromatic heterocycles. The molecule has 0 aliphatic carbocycles. The van der Waals surface area contributed by atoms with E-state index in [1.165, 1.54) is 4.90 Å². The number of anilines is 1. The van der Waals surface area contributed by atoms with Gasteiger partial charge in [-0.15, -0.1) is 0 Å². The Hall–Kier alpha value is -4.12. The molecule has 1 aliphatic rings. The molecule has 36 heavy (non-hydrogen) atoms. The van der Waals surface area contributed by atoms with Crippen molar-refractivity contribution in [1.29, 1.82) is 0 Å². The van der Waals surface area contributed by atoms with Crippen molar-refractivity contribution in [2.24, 2.45) is 0 Å². The lowest BCUT2D eigenvalue weighted by Crippen LogP contribution is -2.35. The summed E-state index contributed by atoms with van der Waals surface area (Å²) in [6.45, 7) is 5.39. The molecule has 1 amide bonds. The molecule has 1 fully saturated rings. The second-order valence-corrected chi connectivity index (χ2v) is 8.79. The minimum absolute atomic E-state index is 0.0240. The SMILES string of the molecule is CCC(Nc1nccc(-c2cccc(-c3cc([C@]4(O)CCN(C)C4=O)on3)n2)n1)c1ccn(CC)n1. The maximum absolute atomic E-state index is 12.4. The highest BCUT2D eigenvalue weighted by atomic mass is 16.5. The van der Waals surface area contributed by atoms with Crippen LogP contribution < -0.4 is 5.32 Å². The number of nitrogens with one attached hydrogen (secondary N) is 1. The Labute approximate surface area is 208 Å². The van der Waals surface area contributed by atoms with Crippen LogP contribution in [0.5, 0.6) is 0 Å². The second kappa shape index (κ2) is 9.50. The van der Waals surface area contributed by atoms with Gasteiger partial charge in [-0.2, -0.15) is 5.10 Å². The lowest BCUT2D eigenvalue weighted by Gasteiger charge is -2.16. The van der Waals surface area contributed by atoms with Gasteiger partial charge in [0.2, 0.25) is 11.5 Å². The van der Waals surface area contributed by atoms with E-state index in [-0.39, 0.29) is 18.2 Å². The van der Waals surface area contributed by atoms with Gasteiger partial charge in [0.1, 0.15) is 5.69 Å². The molecule has 0 aromatic carbocycles. The van der Waals surface area contributed by atoms with E-state index in [0.29, 0.717) is 35.3 Å². The van der Waals surface area contributed by atoms with Crippen molar-refractivity contribution >= 4 is 11.9 Å². The van der Waals surface area contributed by atoms with E-state index in [4.69, 9.17) is 4.52 Å². The third-order valence-electron chi connectivity index (χ3n) is 6.41. The smallest absolute Gasteiger partial charge is 0.262 e. The molecule has 0 bridgehead atoms. The van der Waals surface area contributed by atoms with Gasteiger partial charge in [-0.05, 0) is 37.6 Å². The van der Waals surface area contributed by atoms with Crippen molar-refractivity contribution in [3.8, 4) is 22.8 Å². The molecule has 2 atom stereocenters. The number of carbonyl (C=O) groups excluding carboxylic acids is 1. The van der Waals surface area contributed by atoms with E-state index in [0.717, 1.165) is 18.7 Å². The van der Waals surface area contributed by atoms with Crippen LogP contribution in [-0.4, -0.2) is 59.4 Å². The first-order chi connectivity index (χ1) is 17.4. The zero-order valence-corrected chi connectivity index (χ0v) is 20.4. The summed E-state index contributed by atoms with van der Waals surface area (Å²) in [6, 6.07) is 10.8. The fourth-order valence-corrected chi connectivity index (χ4v) is 4.24. The number of rotatable bonds is 8. The van der Waals surface area contributed by atoms with Crippen LogP contribution >= 0.6 is 0 Å². The van der Waals surface area contributed by atoms with Gasteiger partial charge in [-0.1, -0.05) is 18.1 Å². The quantitative estimate of drug-likeness (QED) is 0.384. The molecule has 1 unspecified atom stereocenters. The Morgan fingerprint density at radius 1 is 1.14 bits per heavy atom. The summed E-state index contributed by atoms with van der Waals surface area (Å²) in [5.41, 5.74) is 1.46. The summed E-state index contributed by atoms with van der Waals surface area (Å²) in [4.78, 5) is 27.6. The predicted molar refractivity (Wildman–Crippen MR) is 131 cm³/mol. The standard InChI is InChI=1S/C25H28N8O3/c1-4-16(20-10-13-33(5-2)30-20)28-24-26-12-9-19(29-24)17-7-6-8-18(27-17)21-15-22(36-31-21)25(35)11-14-32(3)23(25)34/h6-10,12-13,15-16,35H,4-5,11,14H2,1-3H3,(H,26,28,29)/t16?,25-/m1/s1. The van der Waals surface area contributed by atoms with Gasteiger partial charge in [0.05, 0.1) is 28.8 Å². The number of likely N-dealkylation sites (tertiary alicyclic amines) is 1. The third kappa shape index (κ3) is 4.33. The maximum Gasteiger partial charge on any atom is 0.262 e. The summed E-state index contributed by atoms with van der Waals surface area (Å²) < 4.78 is 7.26. The highest BCUT2D eigenvalue weighted by Gasteiger charge is 2.48. The van der Waals surface area contributed by atoms with Crippen LogP contribution in [0.25, 0.3) is 22.8 Å². The first kappa shape index (κ1) is 23.6. The van der Waals surface area contributed by atoms with Crippen LogP contribution in [0.15, 0.2) is 53.3 Å². The van der Waals surface area contributed by atoms with Crippen molar-refractivity contribution in [3.63, 3.8) is 0 Å². The number of hydrogen-bond acceptors (Lipinski definition) is 9. The van der Waals surface area contributed by atoms with Gasteiger partial charge in [0.25, 0.3) is 5.91 Å². The van der Waals surface area contributed by atoms with Gasteiger partial charge in [-0.3, -0.25) is 9.48 Å². The molecule has 0 radical (unpaired) electrons. The summed E-state index contributed by atoms with van der Waals surface area (Å²) in [5, 5.41) is 22.9. The van der Waals surface area contributed by atoms with E-state index < -0.39 is 11.5 Å². The first-order valence-electron chi connectivity index (χ1n) is 12.0. The highest BCUT2D eigenvalue weighted by Crippen LogP contribution is 2.34. The van der Waals surface area contributed by atoms with Gasteiger partial charge < -0.3 is 19.8 Å². The molecule has 11 heteroatoms. The second-order valence-electron chi connectivity index (χ2n) is 8.79. The summed E-state index contributed by atoms with van der Waals surface area (Å²) in [7, 11) is 1.65. The molecule has 5 heterocycles. The molecule has 11 nitrogen and oxygen atoms in total. The molecular formula is C25H28N8O3. The Bertz CT molecular complexity index is 1380. The van der Waals surface area contributed by atoms with E-state index >= 15 is 0 Å². The maximum atomic E-state index is 12.4. The minimum atomic E-state index is -1.70. The normalized spacial score (nSPS) is 18.6. The van der Waals surface area contributed by atoms with Crippen molar-refractivity contribution in [3.05, 3.63) is 60.2 Å². The lowest BCUT2D eigenvalue weighted by molar-refractivity contribution is -0.144. The van der Waals surface area contributed by atoms with Crippen LogP contribution in [0, 0.1) is 0 Å². The number of nitrogens with zero attached hydrogens (tertiary/aromatic N) is 7. The number of carbonyl (C=O) groups is 1. The summed E-state index contributed by atoms with van der Waals surface area (Å²) in [5.74, 6) is 0.191. The molecule has 4 aromatic rings. The minimum Gasteiger partial charge on any atom is -0.373 e. The number of aromatic nitrogens is 6. The van der Waals surface area contributed by atoms with Gasteiger partial charge in [0.15, 0.2) is 5.76 Å². The molecule has 2 N–H and O–H groups in total. The van der Waals surface area contributed by atoms with E-state index in [9.17, 15) is 9.90 Å². The zero-order chi connectivity index (χ0) is 25.3. The Morgan fingerprint density at radius 2 is 1.92 bits per heavy atom. The molecule has 5 rings (SSSR count). The van der Waals surface area contributed by atoms with Crippen LogP contribution in [0.1, 0.15) is 44.2 Å².